The van der Waals surface area contributed by atoms with Gasteiger partial charge in [-0.25, -0.2) is 4.98 Å². The van der Waals surface area contributed by atoms with Crippen molar-refractivity contribution >= 4 is 11.8 Å². The summed E-state index contributed by atoms with van der Waals surface area (Å²) in [6.07, 6.45) is -3.42. The summed E-state index contributed by atoms with van der Waals surface area (Å²) >= 11 is 0. The van der Waals surface area contributed by atoms with Crippen LogP contribution < -0.4 is 10.2 Å². The summed E-state index contributed by atoms with van der Waals surface area (Å²) in [4.78, 5) is 11.6. The number of aromatic nitrogens is 2. The monoisotopic (exact) mass is 303 g/mol. The molecule has 21 heavy (non-hydrogen) atoms. The third kappa shape index (κ3) is 3.96. The highest BCUT2D eigenvalue weighted by molar-refractivity contribution is 5.44. The van der Waals surface area contributed by atoms with E-state index < -0.39 is 11.9 Å². The molecule has 0 spiro atoms. The molecule has 8 heteroatoms. The zero-order valence-corrected chi connectivity index (χ0v) is 12.4. The largest absolute Gasteiger partial charge is 0.433 e. The van der Waals surface area contributed by atoms with Gasteiger partial charge in [0.1, 0.15) is 5.82 Å². The van der Waals surface area contributed by atoms with Gasteiger partial charge in [0.25, 0.3) is 0 Å². The quantitative estimate of drug-likeness (QED) is 0.921. The predicted octanol–water partition coefficient (Wildman–Crippen LogP) is 1.92. The van der Waals surface area contributed by atoms with Crippen LogP contribution in [0.15, 0.2) is 6.07 Å². The van der Waals surface area contributed by atoms with Gasteiger partial charge in [0.2, 0.25) is 5.95 Å². The first-order valence-electron chi connectivity index (χ1n) is 6.83. The normalized spacial score (nSPS) is 19.8. The minimum atomic E-state index is -4.47. The zero-order chi connectivity index (χ0) is 15.6. The van der Waals surface area contributed by atoms with Gasteiger partial charge in [-0.15, -0.1) is 0 Å². The number of alkyl halides is 3. The molecule has 0 aliphatic carbocycles. The number of hydrogen-bond donors (Lipinski definition) is 1. The van der Waals surface area contributed by atoms with E-state index in [0.717, 1.165) is 25.6 Å². The molecule has 0 bridgehead atoms. The van der Waals surface area contributed by atoms with Gasteiger partial charge in [-0.1, -0.05) is 0 Å². The van der Waals surface area contributed by atoms with Crippen LogP contribution in [0.3, 0.4) is 0 Å². The molecule has 2 heterocycles. The van der Waals surface area contributed by atoms with Crippen molar-refractivity contribution in [1.82, 2.24) is 14.9 Å². The standard InChI is InChI=1S/C13H20F3N5/c1-17-12-18-10(13(14,15)16)6-11(19-12)21(3)8-9-4-5-20(2)7-9/h6,9H,4-5,7-8H2,1-3H3,(H,17,18,19). The predicted molar refractivity (Wildman–Crippen MR) is 75.5 cm³/mol. The van der Waals surface area contributed by atoms with Gasteiger partial charge in [-0.05, 0) is 25.9 Å². The molecule has 1 aliphatic rings. The molecule has 0 aromatic carbocycles. The van der Waals surface area contributed by atoms with Crippen LogP contribution in [0.1, 0.15) is 12.1 Å². The van der Waals surface area contributed by atoms with E-state index in [-0.39, 0.29) is 11.8 Å². The maximum atomic E-state index is 12.9. The first-order valence-corrected chi connectivity index (χ1v) is 6.83. The Morgan fingerprint density at radius 2 is 2.14 bits per heavy atom. The fourth-order valence-electron chi connectivity index (χ4n) is 2.54. The summed E-state index contributed by atoms with van der Waals surface area (Å²) in [6, 6.07) is 1.000. The van der Waals surface area contributed by atoms with Crippen molar-refractivity contribution in [1.29, 1.82) is 0 Å². The Kier molecular flexibility index (Phi) is 4.55. The summed E-state index contributed by atoms with van der Waals surface area (Å²) in [7, 11) is 5.32. The van der Waals surface area contributed by atoms with Crippen LogP contribution in [-0.2, 0) is 6.18 Å². The van der Waals surface area contributed by atoms with E-state index in [1.807, 2.05) is 7.05 Å². The van der Waals surface area contributed by atoms with E-state index in [4.69, 9.17) is 0 Å². The molecule has 1 aromatic rings. The van der Waals surface area contributed by atoms with Gasteiger partial charge >= 0.3 is 6.18 Å². The average Bonchev–Trinajstić information content (AvgIpc) is 2.82. The van der Waals surface area contributed by atoms with E-state index in [1.165, 1.54) is 7.05 Å². The van der Waals surface area contributed by atoms with E-state index in [9.17, 15) is 13.2 Å². The van der Waals surface area contributed by atoms with Gasteiger partial charge in [-0.2, -0.15) is 18.2 Å². The third-order valence-electron chi connectivity index (χ3n) is 3.64. The number of anilines is 2. The SMILES string of the molecule is CNc1nc(N(C)CC2CCN(C)C2)cc(C(F)(F)F)n1. The van der Waals surface area contributed by atoms with Crippen LogP contribution in [-0.4, -0.2) is 55.6 Å². The molecule has 1 saturated heterocycles. The lowest BCUT2D eigenvalue weighted by Gasteiger charge is -2.23. The summed E-state index contributed by atoms with van der Waals surface area (Å²) in [5.74, 6) is 0.716. The van der Waals surface area contributed by atoms with E-state index >= 15 is 0 Å². The summed E-state index contributed by atoms with van der Waals surface area (Å²) in [6.45, 7) is 2.67. The summed E-state index contributed by atoms with van der Waals surface area (Å²) in [5, 5.41) is 2.58. The third-order valence-corrected chi connectivity index (χ3v) is 3.64. The van der Waals surface area contributed by atoms with Gasteiger partial charge < -0.3 is 15.1 Å². The lowest BCUT2D eigenvalue weighted by Crippen LogP contribution is -2.28. The molecule has 0 radical (unpaired) electrons. The lowest BCUT2D eigenvalue weighted by molar-refractivity contribution is -0.141. The van der Waals surface area contributed by atoms with Crippen LogP contribution in [0.4, 0.5) is 24.9 Å². The first kappa shape index (κ1) is 15.8. The maximum Gasteiger partial charge on any atom is 0.433 e. The van der Waals surface area contributed by atoms with Crippen molar-refractivity contribution in [2.75, 3.05) is 51.0 Å². The highest BCUT2D eigenvalue weighted by Gasteiger charge is 2.34. The molecule has 1 fully saturated rings. The average molecular weight is 303 g/mol. The van der Waals surface area contributed by atoms with Crippen molar-refractivity contribution in [3.63, 3.8) is 0 Å². The van der Waals surface area contributed by atoms with Crippen molar-refractivity contribution in [2.24, 2.45) is 5.92 Å². The number of nitrogens with one attached hydrogen (secondary N) is 1. The number of rotatable bonds is 4. The molecule has 1 aromatic heterocycles. The van der Waals surface area contributed by atoms with Gasteiger partial charge in [0.05, 0.1) is 0 Å². The summed E-state index contributed by atoms with van der Waals surface area (Å²) in [5.41, 5.74) is -0.924. The van der Waals surface area contributed by atoms with E-state index in [2.05, 4.69) is 20.2 Å². The first-order chi connectivity index (χ1) is 9.79. The molecule has 1 aliphatic heterocycles. The topological polar surface area (TPSA) is 44.3 Å². The van der Waals surface area contributed by atoms with E-state index in [0.29, 0.717) is 12.5 Å². The Morgan fingerprint density at radius 1 is 1.43 bits per heavy atom. The Morgan fingerprint density at radius 3 is 2.67 bits per heavy atom. The number of nitrogens with zero attached hydrogens (tertiary/aromatic N) is 4. The number of halogens is 3. The highest BCUT2D eigenvalue weighted by atomic mass is 19.4. The molecule has 0 amide bonds. The van der Waals surface area contributed by atoms with Crippen LogP contribution in [0.25, 0.3) is 0 Å². The van der Waals surface area contributed by atoms with Crippen LogP contribution in [0.5, 0.6) is 0 Å². The van der Waals surface area contributed by atoms with E-state index in [1.54, 1.807) is 11.9 Å². The molecule has 118 valence electrons. The lowest BCUT2D eigenvalue weighted by atomic mass is 10.1. The Bertz CT molecular complexity index is 491. The van der Waals surface area contributed by atoms with Crippen molar-refractivity contribution in [3.05, 3.63) is 11.8 Å². The second kappa shape index (κ2) is 6.05. The Balaban J connectivity index is 2.17. The van der Waals surface area contributed by atoms with Crippen LogP contribution >= 0.6 is 0 Å². The molecule has 1 N–H and O–H groups in total. The molecular formula is C13H20F3N5. The minimum Gasteiger partial charge on any atom is -0.359 e. The van der Waals surface area contributed by atoms with Crippen molar-refractivity contribution in [3.8, 4) is 0 Å². The van der Waals surface area contributed by atoms with Gasteiger partial charge in [-0.3, -0.25) is 0 Å². The number of likely N-dealkylation sites (tertiary alicyclic amines) is 1. The maximum absolute atomic E-state index is 12.9. The molecule has 1 atom stereocenters. The Hall–Kier alpha value is -1.57. The molecule has 5 nitrogen and oxygen atoms in total. The second-order valence-corrected chi connectivity index (χ2v) is 5.48. The van der Waals surface area contributed by atoms with Crippen LogP contribution in [0, 0.1) is 5.92 Å². The molecule has 0 saturated carbocycles. The zero-order valence-electron chi connectivity index (χ0n) is 12.4. The molecule has 2 rings (SSSR count). The Labute approximate surface area is 122 Å². The van der Waals surface area contributed by atoms with Crippen LogP contribution in [0.2, 0.25) is 0 Å². The smallest absolute Gasteiger partial charge is 0.359 e. The van der Waals surface area contributed by atoms with Crippen molar-refractivity contribution < 1.29 is 13.2 Å². The molecular weight excluding hydrogens is 283 g/mol. The highest BCUT2D eigenvalue weighted by Crippen LogP contribution is 2.30. The second-order valence-electron chi connectivity index (χ2n) is 5.48. The van der Waals surface area contributed by atoms with Gasteiger partial charge in [0.15, 0.2) is 5.69 Å². The fraction of sp³-hybridized carbons (Fsp3) is 0.692. The fourth-order valence-corrected chi connectivity index (χ4v) is 2.54. The number of hydrogen-bond acceptors (Lipinski definition) is 5. The van der Waals surface area contributed by atoms with Gasteiger partial charge in [0, 0.05) is 33.3 Å². The summed E-state index contributed by atoms with van der Waals surface area (Å²) < 4.78 is 38.6. The molecule has 1 unspecified atom stereocenters. The minimum absolute atomic E-state index is 0.0183. The van der Waals surface area contributed by atoms with Crippen molar-refractivity contribution in [2.45, 2.75) is 12.6 Å².